The Balaban J connectivity index is 2.26. The van der Waals surface area contributed by atoms with Gasteiger partial charge in [0.1, 0.15) is 0 Å². The quantitative estimate of drug-likeness (QED) is 0.528. The van der Waals surface area contributed by atoms with Crippen molar-refractivity contribution in [3.8, 4) is 6.07 Å². The minimum Gasteiger partial charge on any atom is -0.302 e. The summed E-state index contributed by atoms with van der Waals surface area (Å²) in [6.07, 6.45) is 1.11. The molecule has 0 aromatic heterocycles. The van der Waals surface area contributed by atoms with Crippen molar-refractivity contribution in [1.29, 1.82) is 5.26 Å². The second-order valence-electron chi connectivity index (χ2n) is 4.56. The Morgan fingerprint density at radius 2 is 2.16 bits per heavy atom. The molecule has 1 atom stereocenters. The Morgan fingerprint density at radius 3 is 2.79 bits per heavy atom. The molecule has 0 fully saturated rings. The maximum atomic E-state index is 8.83. The predicted octanol–water partition coefficient (Wildman–Crippen LogP) is 4.30. The molecule has 0 saturated carbocycles. The fraction of sp³-hybridized carbons (Fsp3) is 0.533. The van der Waals surface area contributed by atoms with E-state index >= 15 is 0 Å². The van der Waals surface area contributed by atoms with Crippen LogP contribution >= 0.6 is 23.4 Å². The van der Waals surface area contributed by atoms with Crippen LogP contribution < -0.4 is 0 Å². The summed E-state index contributed by atoms with van der Waals surface area (Å²) < 4.78 is 0. The molecule has 0 heterocycles. The summed E-state index contributed by atoms with van der Waals surface area (Å²) in [5.74, 6) is 1.16. The second kappa shape index (κ2) is 9.25. The molecule has 0 spiro atoms. The molecule has 4 heteroatoms. The van der Waals surface area contributed by atoms with E-state index in [2.05, 4.69) is 24.0 Å². The third-order valence-electron chi connectivity index (χ3n) is 2.91. The average molecular weight is 297 g/mol. The van der Waals surface area contributed by atoms with E-state index < -0.39 is 0 Å². The van der Waals surface area contributed by atoms with Gasteiger partial charge in [-0.1, -0.05) is 30.7 Å². The van der Waals surface area contributed by atoms with Crippen molar-refractivity contribution in [2.75, 3.05) is 25.4 Å². The minimum absolute atomic E-state index is 0.108. The molecule has 19 heavy (non-hydrogen) atoms. The number of hydrogen-bond acceptors (Lipinski definition) is 3. The minimum atomic E-state index is 0.108. The summed E-state index contributed by atoms with van der Waals surface area (Å²) in [5, 5.41) is 9.67. The highest BCUT2D eigenvalue weighted by molar-refractivity contribution is 7.99. The van der Waals surface area contributed by atoms with Gasteiger partial charge < -0.3 is 4.90 Å². The Bertz CT molecular complexity index is 417. The summed E-state index contributed by atoms with van der Waals surface area (Å²) in [5.41, 5.74) is 0. The Morgan fingerprint density at radius 1 is 1.42 bits per heavy atom. The van der Waals surface area contributed by atoms with Crippen LogP contribution in [0.1, 0.15) is 20.3 Å². The zero-order valence-corrected chi connectivity index (χ0v) is 13.2. The van der Waals surface area contributed by atoms with Gasteiger partial charge in [-0.2, -0.15) is 5.26 Å². The lowest BCUT2D eigenvalue weighted by atomic mass is 10.2. The van der Waals surface area contributed by atoms with Crippen LogP contribution in [0.2, 0.25) is 5.02 Å². The van der Waals surface area contributed by atoms with Gasteiger partial charge in [0.25, 0.3) is 0 Å². The van der Waals surface area contributed by atoms with Gasteiger partial charge in [0, 0.05) is 11.4 Å². The number of hydrogen-bond donors (Lipinski definition) is 0. The normalized spacial score (nSPS) is 12.4. The molecule has 0 radical (unpaired) electrons. The highest BCUT2D eigenvalue weighted by atomic mass is 35.5. The highest BCUT2D eigenvalue weighted by Gasteiger charge is 2.07. The monoisotopic (exact) mass is 296 g/mol. The van der Waals surface area contributed by atoms with E-state index in [9.17, 15) is 0 Å². The summed E-state index contributed by atoms with van der Waals surface area (Å²) in [6, 6.07) is 10.2. The number of rotatable bonds is 8. The topological polar surface area (TPSA) is 27.0 Å². The molecular formula is C15H21ClN2S. The van der Waals surface area contributed by atoms with Gasteiger partial charge in [-0.25, -0.2) is 0 Å². The van der Waals surface area contributed by atoms with Crippen LogP contribution in [-0.2, 0) is 0 Å². The van der Waals surface area contributed by atoms with Crippen molar-refractivity contribution < 1.29 is 0 Å². The van der Waals surface area contributed by atoms with E-state index in [1.165, 1.54) is 0 Å². The lowest BCUT2D eigenvalue weighted by Gasteiger charge is -2.21. The van der Waals surface area contributed by atoms with Gasteiger partial charge >= 0.3 is 0 Å². The fourth-order valence-corrected chi connectivity index (χ4v) is 3.01. The molecule has 1 aromatic carbocycles. The van der Waals surface area contributed by atoms with E-state index in [1.807, 2.05) is 25.1 Å². The van der Waals surface area contributed by atoms with Crippen molar-refractivity contribution in [1.82, 2.24) is 4.90 Å². The molecule has 2 nitrogen and oxygen atoms in total. The molecule has 0 amide bonds. The van der Waals surface area contributed by atoms with Crippen LogP contribution in [-0.4, -0.2) is 30.3 Å². The first kappa shape index (κ1) is 16.4. The van der Waals surface area contributed by atoms with Crippen molar-refractivity contribution in [2.24, 2.45) is 5.92 Å². The van der Waals surface area contributed by atoms with Crippen molar-refractivity contribution in [2.45, 2.75) is 25.2 Å². The Hall–Kier alpha value is -0.690. The Kier molecular flexibility index (Phi) is 7.97. The molecule has 1 aromatic rings. The van der Waals surface area contributed by atoms with Crippen LogP contribution in [0.3, 0.4) is 0 Å². The fourth-order valence-electron chi connectivity index (χ4n) is 1.84. The third-order valence-corrected chi connectivity index (χ3v) is 4.51. The third kappa shape index (κ3) is 6.33. The molecule has 0 N–H and O–H groups in total. The SMILES string of the molecule is CCN(CCCSc1ccccc1Cl)CC(C)C#N. The smallest absolute Gasteiger partial charge is 0.0666 e. The maximum Gasteiger partial charge on any atom is 0.0666 e. The summed E-state index contributed by atoms with van der Waals surface area (Å²) in [6.45, 7) is 7.03. The summed E-state index contributed by atoms with van der Waals surface area (Å²) in [7, 11) is 0. The number of nitrogens with zero attached hydrogens (tertiary/aromatic N) is 2. The second-order valence-corrected chi connectivity index (χ2v) is 6.10. The Labute approximate surface area is 125 Å². The zero-order chi connectivity index (χ0) is 14.1. The number of nitriles is 1. The first-order chi connectivity index (χ1) is 9.17. The predicted molar refractivity (Wildman–Crippen MR) is 83.7 cm³/mol. The van der Waals surface area contributed by atoms with Crippen LogP contribution in [0.5, 0.6) is 0 Å². The van der Waals surface area contributed by atoms with Gasteiger partial charge in [-0.05, 0) is 44.3 Å². The first-order valence-corrected chi connectivity index (χ1v) is 8.03. The largest absolute Gasteiger partial charge is 0.302 e. The van der Waals surface area contributed by atoms with Crippen molar-refractivity contribution in [3.63, 3.8) is 0 Å². The molecule has 0 aliphatic heterocycles. The lowest BCUT2D eigenvalue weighted by molar-refractivity contribution is 0.270. The molecule has 1 unspecified atom stereocenters. The van der Waals surface area contributed by atoms with E-state index in [4.69, 9.17) is 16.9 Å². The highest BCUT2D eigenvalue weighted by Crippen LogP contribution is 2.26. The first-order valence-electron chi connectivity index (χ1n) is 6.66. The number of benzene rings is 1. The van der Waals surface area contributed by atoms with E-state index in [1.54, 1.807) is 11.8 Å². The molecular weight excluding hydrogens is 276 g/mol. The molecule has 0 aliphatic rings. The molecule has 0 saturated heterocycles. The molecule has 104 valence electrons. The zero-order valence-electron chi connectivity index (χ0n) is 11.6. The van der Waals surface area contributed by atoms with Crippen molar-refractivity contribution >= 4 is 23.4 Å². The number of thioether (sulfide) groups is 1. The molecule has 1 rings (SSSR count). The number of halogens is 1. The maximum absolute atomic E-state index is 8.83. The van der Waals surface area contributed by atoms with E-state index in [0.29, 0.717) is 0 Å². The lowest BCUT2D eigenvalue weighted by Crippen LogP contribution is -2.29. The van der Waals surface area contributed by atoms with Crippen molar-refractivity contribution in [3.05, 3.63) is 29.3 Å². The van der Waals surface area contributed by atoms with E-state index in [-0.39, 0.29) is 5.92 Å². The van der Waals surface area contributed by atoms with Gasteiger partial charge in [0.2, 0.25) is 0 Å². The molecule has 0 aliphatic carbocycles. The van der Waals surface area contributed by atoms with Gasteiger partial charge in [0.15, 0.2) is 0 Å². The standard InChI is InChI=1S/C15H21ClN2S/c1-3-18(12-13(2)11-17)9-6-10-19-15-8-5-4-7-14(15)16/h4-5,7-8,13H,3,6,9-10,12H2,1-2H3. The van der Waals surface area contributed by atoms with Gasteiger partial charge in [-0.15, -0.1) is 11.8 Å². The van der Waals surface area contributed by atoms with Crippen LogP contribution in [0.15, 0.2) is 29.2 Å². The van der Waals surface area contributed by atoms with Crippen LogP contribution in [0.25, 0.3) is 0 Å². The van der Waals surface area contributed by atoms with Crippen LogP contribution in [0.4, 0.5) is 0 Å². The van der Waals surface area contributed by atoms with Gasteiger partial charge in [0.05, 0.1) is 17.0 Å². The van der Waals surface area contributed by atoms with E-state index in [0.717, 1.165) is 41.7 Å². The summed E-state index contributed by atoms with van der Waals surface area (Å²) in [4.78, 5) is 3.48. The summed E-state index contributed by atoms with van der Waals surface area (Å²) >= 11 is 7.91. The molecule has 0 bridgehead atoms. The van der Waals surface area contributed by atoms with Gasteiger partial charge in [-0.3, -0.25) is 0 Å². The average Bonchev–Trinajstić information content (AvgIpc) is 2.43. The van der Waals surface area contributed by atoms with Crippen LogP contribution in [0, 0.1) is 17.2 Å².